The number of hydrogen-bond donors (Lipinski definition) is 1. The zero-order valence-electron chi connectivity index (χ0n) is 8.20. The lowest BCUT2D eigenvalue weighted by Crippen LogP contribution is -2.01. The molecule has 0 aliphatic carbocycles. The number of aryl methyl sites for hydroxylation is 1. The highest BCUT2D eigenvalue weighted by atomic mass is 16.5. The van der Waals surface area contributed by atoms with Gasteiger partial charge >= 0.3 is 0 Å². The average Bonchev–Trinajstić information content (AvgIpc) is 2.05. The second-order valence-corrected chi connectivity index (χ2v) is 2.63. The summed E-state index contributed by atoms with van der Waals surface area (Å²) in [5.41, 5.74) is 5.73. The van der Waals surface area contributed by atoms with E-state index in [2.05, 4.69) is 12.7 Å². The third kappa shape index (κ3) is 6.87. The van der Waals surface area contributed by atoms with Gasteiger partial charge < -0.3 is 10.5 Å². The normalized spacial score (nSPS) is 8.23. The lowest BCUT2D eigenvalue weighted by atomic mass is 10.2. The van der Waals surface area contributed by atoms with Crippen molar-refractivity contribution in [2.75, 3.05) is 7.11 Å². The fourth-order valence-electron chi connectivity index (χ4n) is 0.674. The minimum Gasteiger partial charge on any atom is -0.497 e. The number of nitrogens with two attached hydrogens (primary N) is 1. The Balaban J connectivity index is 0.000000310. The number of ether oxygens (including phenoxy) is 1. The SMILES string of the molecule is CC(N)=O.COc1ccc(C)cc1. The molecule has 0 atom stereocenters. The van der Waals surface area contributed by atoms with Crippen molar-refractivity contribution < 1.29 is 9.53 Å². The van der Waals surface area contributed by atoms with E-state index in [0.29, 0.717) is 0 Å². The largest absolute Gasteiger partial charge is 0.497 e. The molecule has 0 heterocycles. The molecule has 1 amide bonds. The summed E-state index contributed by atoms with van der Waals surface area (Å²) in [5.74, 6) is 0.584. The van der Waals surface area contributed by atoms with Crippen molar-refractivity contribution in [2.24, 2.45) is 5.73 Å². The highest BCUT2D eigenvalue weighted by Gasteiger charge is 1.85. The summed E-state index contributed by atoms with van der Waals surface area (Å²) < 4.78 is 4.97. The molecule has 0 fully saturated rings. The van der Waals surface area contributed by atoms with Gasteiger partial charge in [-0.2, -0.15) is 0 Å². The van der Waals surface area contributed by atoms with E-state index in [4.69, 9.17) is 4.74 Å². The Hall–Kier alpha value is -1.51. The molecule has 0 aromatic heterocycles. The maximum absolute atomic E-state index is 9.22. The number of amides is 1. The predicted octanol–water partition coefficient (Wildman–Crippen LogP) is 1.50. The number of primary amides is 1. The Morgan fingerprint density at radius 2 is 1.69 bits per heavy atom. The summed E-state index contributed by atoms with van der Waals surface area (Å²) in [7, 11) is 1.67. The van der Waals surface area contributed by atoms with Gasteiger partial charge in [0, 0.05) is 6.92 Å². The number of carbonyl (C=O) groups is 1. The fourth-order valence-corrected chi connectivity index (χ4v) is 0.674. The van der Waals surface area contributed by atoms with Crippen molar-refractivity contribution in [3.05, 3.63) is 29.8 Å². The van der Waals surface area contributed by atoms with Crippen LogP contribution in [0.5, 0.6) is 5.75 Å². The molecule has 13 heavy (non-hydrogen) atoms. The number of carbonyl (C=O) groups excluding carboxylic acids is 1. The third-order valence-corrected chi connectivity index (χ3v) is 1.26. The smallest absolute Gasteiger partial charge is 0.214 e. The summed E-state index contributed by atoms with van der Waals surface area (Å²) in [4.78, 5) is 9.22. The maximum Gasteiger partial charge on any atom is 0.214 e. The van der Waals surface area contributed by atoms with Crippen LogP contribution in [0, 0.1) is 6.92 Å². The maximum atomic E-state index is 9.22. The van der Waals surface area contributed by atoms with E-state index >= 15 is 0 Å². The van der Waals surface area contributed by atoms with E-state index in [-0.39, 0.29) is 5.91 Å². The van der Waals surface area contributed by atoms with Crippen LogP contribution < -0.4 is 10.5 Å². The summed E-state index contributed by atoms with van der Waals surface area (Å²) in [6.45, 7) is 3.36. The van der Waals surface area contributed by atoms with Crippen LogP contribution in [0.3, 0.4) is 0 Å². The zero-order chi connectivity index (χ0) is 10.3. The molecule has 3 heteroatoms. The Kier molecular flexibility index (Phi) is 5.35. The highest BCUT2D eigenvalue weighted by Crippen LogP contribution is 2.09. The molecule has 0 spiro atoms. The molecule has 0 unspecified atom stereocenters. The minimum atomic E-state index is -0.333. The van der Waals surface area contributed by atoms with Crippen molar-refractivity contribution in [3.63, 3.8) is 0 Å². The van der Waals surface area contributed by atoms with Gasteiger partial charge in [0.15, 0.2) is 0 Å². The highest BCUT2D eigenvalue weighted by molar-refractivity contribution is 5.70. The molecule has 1 aromatic carbocycles. The predicted molar refractivity (Wildman–Crippen MR) is 52.6 cm³/mol. The van der Waals surface area contributed by atoms with Crippen LogP contribution >= 0.6 is 0 Å². The summed E-state index contributed by atoms with van der Waals surface area (Å²) >= 11 is 0. The zero-order valence-corrected chi connectivity index (χ0v) is 8.20. The van der Waals surface area contributed by atoms with E-state index < -0.39 is 0 Å². The molecule has 1 rings (SSSR count). The molecule has 1 aromatic rings. The van der Waals surface area contributed by atoms with Gasteiger partial charge in [-0.3, -0.25) is 4.79 Å². The first-order chi connectivity index (χ1) is 6.06. The second-order valence-electron chi connectivity index (χ2n) is 2.63. The van der Waals surface area contributed by atoms with Crippen molar-refractivity contribution >= 4 is 5.91 Å². The van der Waals surface area contributed by atoms with E-state index in [1.54, 1.807) is 7.11 Å². The van der Waals surface area contributed by atoms with Crippen LogP contribution in [-0.2, 0) is 4.79 Å². The first kappa shape index (κ1) is 11.5. The molecular weight excluding hydrogens is 166 g/mol. The molecule has 72 valence electrons. The van der Waals surface area contributed by atoms with Crippen molar-refractivity contribution in [1.29, 1.82) is 0 Å². The van der Waals surface area contributed by atoms with Gasteiger partial charge in [0.2, 0.25) is 5.91 Å². The molecular formula is C10H15NO2. The Labute approximate surface area is 78.5 Å². The second kappa shape index (κ2) is 6.06. The number of benzene rings is 1. The molecule has 2 N–H and O–H groups in total. The van der Waals surface area contributed by atoms with Gasteiger partial charge in [0.05, 0.1) is 7.11 Å². The van der Waals surface area contributed by atoms with Gasteiger partial charge in [-0.1, -0.05) is 17.7 Å². The van der Waals surface area contributed by atoms with E-state index in [1.807, 2.05) is 24.3 Å². The molecule has 0 bridgehead atoms. The van der Waals surface area contributed by atoms with Crippen LogP contribution in [0.25, 0.3) is 0 Å². The Bertz CT molecular complexity index is 250. The quantitative estimate of drug-likeness (QED) is 0.713. The molecule has 0 radical (unpaired) electrons. The number of hydrogen-bond acceptors (Lipinski definition) is 2. The molecule has 3 nitrogen and oxygen atoms in total. The van der Waals surface area contributed by atoms with Crippen LogP contribution in [0.4, 0.5) is 0 Å². The molecule has 0 saturated heterocycles. The first-order valence-electron chi connectivity index (χ1n) is 3.93. The van der Waals surface area contributed by atoms with Crippen molar-refractivity contribution in [3.8, 4) is 5.75 Å². The van der Waals surface area contributed by atoms with Gasteiger partial charge in [0.25, 0.3) is 0 Å². The molecule has 0 saturated carbocycles. The number of methoxy groups -OCH3 is 1. The number of rotatable bonds is 1. The van der Waals surface area contributed by atoms with Crippen LogP contribution in [0.1, 0.15) is 12.5 Å². The van der Waals surface area contributed by atoms with E-state index in [0.717, 1.165) is 5.75 Å². The fraction of sp³-hybridized carbons (Fsp3) is 0.300. The topological polar surface area (TPSA) is 52.3 Å². The molecule has 0 aliphatic heterocycles. The van der Waals surface area contributed by atoms with Gasteiger partial charge in [-0.15, -0.1) is 0 Å². The Morgan fingerprint density at radius 3 is 2.00 bits per heavy atom. The van der Waals surface area contributed by atoms with Crippen LogP contribution in [-0.4, -0.2) is 13.0 Å². The first-order valence-corrected chi connectivity index (χ1v) is 3.93. The van der Waals surface area contributed by atoms with Crippen molar-refractivity contribution in [1.82, 2.24) is 0 Å². The van der Waals surface area contributed by atoms with E-state index in [9.17, 15) is 4.79 Å². The summed E-state index contributed by atoms with van der Waals surface area (Å²) in [6, 6.07) is 7.96. The third-order valence-electron chi connectivity index (χ3n) is 1.26. The van der Waals surface area contributed by atoms with Gasteiger partial charge in [-0.05, 0) is 19.1 Å². The van der Waals surface area contributed by atoms with Crippen LogP contribution in [0.15, 0.2) is 24.3 Å². The Morgan fingerprint density at radius 1 is 1.31 bits per heavy atom. The lowest BCUT2D eigenvalue weighted by molar-refractivity contribution is -0.115. The average molecular weight is 181 g/mol. The standard InChI is InChI=1S/C8H10O.C2H5NO/c1-7-3-5-8(9-2)6-4-7;1-2(3)4/h3-6H,1-2H3;1H3,(H2,3,4). The summed E-state index contributed by atoms with van der Waals surface area (Å²) in [5, 5.41) is 0. The molecule has 0 aliphatic rings. The van der Waals surface area contributed by atoms with Crippen LogP contribution in [0.2, 0.25) is 0 Å². The minimum absolute atomic E-state index is 0.333. The van der Waals surface area contributed by atoms with Gasteiger partial charge in [-0.25, -0.2) is 0 Å². The monoisotopic (exact) mass is 181 g/mol. The van der Waals surface area contributed by atoms with Crippen molar-refractivity contribution in [2.45, 2.75) is 13.8 Å². The van der Waals surface area contributed by atoms with E-state index in [1.165, 1.54) is 12.5 Å². The lowest BCUT2D eigenvalue weighted by Gasteiger charge is -1.97. The summed E-state index contributed by atoms with van der Waals surface area (Å²) in [6.07, 6.45) is 0. The van der Waals surface area contributed by atoms with Gasteiger partial charge in [0.1, 0.15) is 5.75 Å².